The quantitative estimate of drug-likeness (QED) is 0.433. The summed E-state index contributed by atoms with van der Waals surface area (Å²) in [6.07, 6.45) is 2.02. The highest BCUT2D eigenvalue weighted by Gasteiger charge is 2.03. The minimum atomic E-state index is 0.286. The van der Waals surface area contributed by atoms with Crippen molar-refractivity contribution in [3.05, 3.63) is 17.3 Å². The Bertz CT molecular complexity index is 401. The van der Waals surface area contributed by atoms with Gasteiger partial charge in [0.25, 0.3) is 0 Å². The number of nitrogen functional groups attached to an aromatic ring is 2. The van der Waals surface area contributed by atoms with Gasteiger partial charge < -0.3 is 11.5 Å². The van der Waals surface area contributed by atoms with E-state index in [1.165, 1.54) is 6.20 Å². The Hall–Kier alpha value is -2.02. The van der Waals surface area contributed by atoms with E-state index in [0.29, 0.717) is 17.5 Å². The van der Waals surface area contributed by atoms with Crippen LogP contribution in [0.5, 0.6) is 0 Å². The maximum Gasteiger partial charge on any atom is 0.193 e. The molecule has 0 saturated heterocycles. The van der Waals surface area contributed by atoms with E-state index in [1.807, 2.05) is 0 Å². The minimum Gasteiger partial charge on any atom is -0.395 e. The summed E-state index contributed by atoms with van der Waals surface area (Å²) in [7, 11) is 0. The number of hydrogen-bond donors (Lipinski definition) is 2. The lowest BCUT2D eigenvalue weighted by molar-refractivity contribution is -0.103. The standard InChI is InChI=1S/C9H9N3O/c1-6-7(3-2-4-13)5-12-9(11)8(6)10/h4-5H,10H2,1H3,(H2,11,12). The smallest absolute Gasteiger partial charge is 0.193 e. The predicted molar refractivity (Wildman–Crippen MR) is 50.7 cm³/mol. The molecule has 4 nitrogen and oxygen atoms in total. The second-order valence-corrected chi connectivity index (χ2v) is 2.48. The van der Waals surface area contributed by atoms with E-state index in [9.17, 15) is 4.79 Å². The van der Waals surface area contributed by atoms with E-state index < -0.39 is 0 Å². The van der Waals surface area contributed by atoms with Gasteiger partial charge in [-0.1, -0.05) is 5.92 Å². The van der Waals surface area contributed by atoms with Crippen molar-refractivity contribution in [2.75, 3.05) is 11.5 Å². The molecule has 1 heterocycles. The number of rotatable bonds is 0. The third kappa shape index (κ3) is 1.76. The van der Waals surface area contributed by atoms with Gasteiger partial charge >= 0.3 is 0 Å². The van der Waals surface area contributed by atoms with Gasteiger partial charge in [0.15, 0.2) is 6.29 Å². The Morgan fingerprint density at radius 2 is 2.23 bits per heavy atom. The predicted octanol–water partition coefficient (Wildman–Crippen LogP) is 0.105. The molecule has 0 aliphatic carbocycles. The first-order valence-electron chi connectivity index (χ1n) is 3.62. The summed E-state index contributed by atoms with van der Waals surface area (Å²) in [6.45, 7) is 1.78. The van der Waals surface area contributed by atoms with Crippen molar-refractivity contribution in [2.45, 2.75) is 6.92 Å². The molecule has 0 unspecified atom stereocenters. The molecule has 4 heteroatoms. The third-order valence-electron chi connectivity index (χ3n) is 1.68. The summed E-state index contributed by atoms with van der Waals surface area (Å²) in [5, 5.41) is 0. The van der Waals surface area contributed by atoms with E-state index in [-0.39, 0.29) is 5.82 Å². The number of nitrogens with zero attached hydrogens (tertiary/aromatic N) is 1. The number of anilines is 2. The monoisotopic (exact) mass is 175 g/mol. The first-order chi connectivity index (χ1) is 6.16. The number of aromatic nitrogens is 1. The zero-order valence-corrected chi connectivity index (χ0v) is 7.16. The van der Waals surface area contributed by atoms with Crippen LogP contribution in [0, 0.1) is 18.8 Å². The number of carbonyl (C=O) groups is 1. The molecule has 0 amide bonds. The number of hydrogen-bond acceptors (Lipinski definition) is 4. The van der Waals surface area contributed by atoms with Gasteiger partial charge in [0.05, 0.1) is 5.69 Å². The van der Waals surface area contributed by atoms with E-state index in [0.717, 1.165) is 5.56 Å². The fraction of sp³-hybridized carbons (Fsp3) is 0.111. The molecule has 0 aromatic carbocycles. The van der Waals surface area contributed by atoms with Crippen LogP contribution in [-0.4, -0.2) is 11.3 Å². The van der Waals surface area contributed by atoms with Crippen molar-refractivity contribution in [2.24, 2.45) is 0 Å². The van der Waals surface area contributed by atoms with Crippen LogP contribution in [0.15, 0.2) is 6.20 Å². The maximum atomic E-state index is 9.99. The summed E-state index contributed by atoms with van der Waals surface area (Å²) in [5.74, 6) is 5.19. The van der Waals surface area contributed by atoms with Gasteiger partial charge in [-0.3, -0.25) is 4.79 Å². The van der Waals surface area contributed by atoms with E-state index in [1.54, 1.807) is 6.92 Å². The summed E-state index contributed by atoms with van der Waals surface area (Å²) < 4.78 is 0. The van der Waals surface area contributed by atoms with Crippen molar-refractivity contribution in [3.63, 3.8) is 0 Å². The summed E-state index contributed by atoms with van der Waals surface area (Å²) >= 11 is 0. The second kappa shape index (κ2) is 3.59. The SMILES string of the molecule is Cc1c(C#CC=O)cnc(N)c1N. The van der Waals surface area contributed by atoms with Crippen LogP contribution in [0.2, 0.25) is 0 Å². The highest BCUT2D eigenvalue weighted by atomic mass is 16.1. The number of nitrogens with two attached hydrogens (primary N) is 2. The molecule has 66 valence electrons. The lowest BCUT2D eigenvalue weighted by Crippen LogP contribution is -2.01. The highest BCUT2D eigenvalue weighted by Crippen LogP contribution is 2.18. The summed E-state index contributed by atoms with van der Waals surface area (Å²) in [5.41, 5.74) is 12.9. The fourth-order valence-electron chi connectivity index (χ4n) is 0.871. The molecule has 4 N–H and O–H groups in total. The molecule has 0 radical (unpaired) electrons. The highest BCUT2D eigenvalue weighted by molar-refractivity contribution is 5.75. The average Bonchev–Trinajstić information content (AvgIpc) is 2.13. The molecule has 0 bridgehead atoms. The van der Waals surface area contributed by atoms with E-state index in [4.69, 9.17) is 11.5 Å². The van der Waals surface area contributed by atoms with Gasteiger partial charge in [0.1, 0.15) is 5.82 Å². The Labute approximate surface area is 76.0 Å². The van der Waals surface area contributed by atoms with E-state index in [2.05, 4.69) is 16.8 Å². The Balaban J connectivity index is 3.25. The molecule has 0 spiro atoms. The van der Waals surface area contributed by atoms with Gasteiger partial charge in [0, 0.05) is 11.8 Å². The van der Waals surface area contributed by atoms with E-state index >= 15 is 0 Å². The molecule has 0 aliphatic rings. The molecule has 0 saturated carbocycles. The van der Waals surface area contributed by atoms with Crippen molar-refractivity contribution >= 4 is 17.8 Å². The first-order valence-corrected chi connectivity index (χ1v) is 3.62. The van der Waals surface area contributed by atoms with Crippen molar-refractivity contribution in [3.8, 4) is 11.8 Å². The van der Waals surface area contributed by atoms with Crippen LogP contribution in [0.1, 0.15) is 11.1 Å². The number of pyridine rings is 1. The molecule has 1 aromatic rings. The zero-order valence-electron chi connectivity index (χ0n) is 7.16. The van der Waals surface area contributed by atoms with Crippen molar-refractivity contribution < 1.29 is 4.79 Å². The van der Waals surface area contributed by atoms with Gasteiger partial charge in [-0.15, -0.1) is 0 Å². The minimum absolute atomic E-state index is 0.286. The van der Waals surface area contributed by atoms with Crippen LogP contribution < -0.4 is 11.5 Å². The van der Waals surface area contributed by atoms with Crippen LogP contribution >= 0.6 is 0 Å². The van der Waals surface area contributed by atoms with Crippen molar-refractivity contribution in [1.82, 2.24) is 4.98 Å². The molecule has 0 aliphatic heterocycles. The normalized spacial score (nSPS) is 8.69. The second-order valence-electron chi connectivity index (χ2n) is 2.48. The Morgan fingerprint density at radius 1 is 1.54 bits per heavy atom. The van der Waals surface area contributed by atoms with Gasteiger partial charge in [-0.2, -0.15) is 0 Å². The Morgan fingerprint density at radius 3 is 2.85 bits per heavy atom. The van der Waals surface area contributed by atoms with Crippen molar-refractivity contribution in [1.29, 1.82) is 0 Å². The lowest BCUT2D eigenvalue weighted by Gasteiger charge is -2.04. The maximum absolute atomic E-state index is 9.99. The van der Waals surface area contributed by atoms with Gasteiger partial charge in [0.2, 0.25) is 0 Å². The molecule has 1 aromatic heterocycles. The molecular formula is C9H9N3O. The lowest BCUT2D eigenvalue weighted by atomic mass is 10.1. The number of aldehydes is 1. The molecule has 13 heavy (non-hydrogen) atoms. The summed E-state index contributed by atoms with van der Waals surface area (Å²) in [4.78, 5) is 13.8. The van der Waals surface area contributed by atoms with Crippen LogP contribution in [0.25, 0.3) is 0 Å². The van der Waals surface area contributed by atoms with Gasteiger partial charge in [-0.25, -0.2) is 4.98 Å². The van der Waals surface area contributed by atoms with Crippen LogP contribution in [-0.2, 0) is 4.79 Å². The number of carbonyl (C=O) groups excluding carboxylic acids is 1. The van der Waals surface area contributed by atoms with Crippen LogP contribution in [0.3, 0.4) is 0 Å². The summed E-state index contributed by atoms with van der Waals surface area (Å²) in [6, 6.07) is 0. The fourth-order valence-corrected chi connectivity index (χ4v) is 0.871. The molecule has 0 fully saturated rings. The van der Waals surface area contributed by atoms with Gasteiger partial charge in [-0.05, 0) is 18.4 Å². The molecular weight excluding hydrogens is 166 g/mol. The Kier molecular flexibility index (Phi) is 2.50. The third-order valence-corrected chi connectivity index (χ3v) is 1.68. The molecule has 0 atom stereocenters. The largest absolute Gasteiger partial charge is 0.395 e. The zero-order chi connectivity index (χ0) is 9.84. The molecule has 1 rings (SSSR count). The average molecular weight is 175 g/mol. The topological polar surface area (TPSA) is 82.0 Å². The first kappa shape index (κ1) is 9.07. The van der Waals surface area contributed by atoms with Crippen LogP contribution in [0.4, 0.5) is 11.5 Å².